The summed E-state index contributed by atoms with van der Waals surface area (Å²) in [5.41, 5.74) is 0.824. The molecule has 0 aliphatic carbocycles. The molecular formula is C18H26N2O5S2. The maximum Gasteiger partial charge on any atom is 0.269 e. The fourth-order valence-corrected chi connectivity index (χ4v) is 5.76. The lowest BCUT2D eigenvalue weighted by molar-refractivity contribution is -0.384. The van der Waals surface area contributed by atoms with Gasteiger partial charge in [-0.25, -0.2) is 8.42 Å². The monoisotopic (exact) mass is 414 g/mol. The lowest BCUT2D eigenvalue weighted by atomic mass is 10.1. The van der Waals surface area contributed by atoms with Crippen molar-refractivity contribution < 1.29 is 18.1 Å². The number of carbonyl (C=O) groups excluding carboxylic acids is 1. The summed E-state index contributed by atoms with van der Waals surface area (Å²) in [4.78, 5) is 25.0. The van der Waals surface area contributed by atoms with E-state index in [0.29, 0.717) is 13.0 Å². The number of hydrogen-bond donors (Lipinski definition) is 0. The average molecular weight is 415 g/mol. The van der Waals surface area contributed by atoms with Crippen LogP contribution < -0.4 is 0 Å². The van der Waals surface area contributed by atoms with E-state index in [4.69, 9.17) is 0 Å². The molecular weight excluding hydrogens is 388 g/mol. The van der Waals surface area contributed by atoms with Crippen molar-refractivity contribution in [3.05, 3.63) is 39.9 Å². The highest BCUT2D eigenvalue weighted by molar-refractivity contribution is 8.00. The zero-order valence-corrected chi connectivity index (χ0v) is 17.5. The van der Waals surface area contributed by atoms with Crippen LogP contribution in [0.15, 0.2) is 24.3 Å². The molecule has 0 radical (unpaired) electrons. The number of thioether (sulfide) groups is 1. The van der Waals surface area contributed by atoms with Crippen LogP contribution in [0.5, 0.6) is 0 Å². The molecule has 0 bridgehead atoms. The van der Waals surface area contributed by atoms with Crippen LogP contribution in [0.3, 0.4) is 0 Å². The zero-order valence-electron chi connectivity index (χ0n) is 15.8. The molecule has 9 heteroatoms. The molecule has 150 valence electrons. The lowest BCUT2D eigenvalue weighted by Crippen LogP contribution is -2.44. The first kappa shape index (κ1) is 21.7. The lowest BCUT2D eigenvalue weighted by Gasteiger charge is -2.30. The van der Waals surface area contributed by atoms with Crippen LogP contribution in [-0.4, -0.2) is 54.0 Å². The molecule has 1 amide bonds. The molecule has 1 aromatic carbocycles. The third-order valence-corrected chi connectivity index (χ3v) is 7.47. The molecule has 0 aromatic heterocycles. The van der Waals surface area contributed by atoms with Crippen LogP contribution in [0.1, 0.15) is 38.0 Å². The van der Waals surface area contributed by atoms with E-state index in [1.54, 1.807) is 11.0 Å². The Balaban J connectivity index is 2.02. The van der Waals surface area contributed by atoms with Gasteiger partial charge >= 0.3 is 0 Å². The minimum Gasteiger partial charge on any atom is -0.338 e. The van der Waals surface area contributed by atoms with E-state index in [-0.39, 0.29) is 46.1 Å². The van der Waals surface area contributed by atoms with Gasteiger partial charge in [0.1, 0.15) is 0 Å². The van der Waals surface area contributed by atoms with Gasteiger partial charge in [-0.1, -0.05) is 26.0 Å². The van der Waals surface area contributed by atoms with Crippen LogP contribution in [0.4, 0.5) is 5.69 Å². The van der Waals surface area contributed by atoms with Crippen LogP contribution in [-0.2, 0) is 14.6 Å². The summed E-state index contributed by atoms with van der Waals surface area (Å²) >= 11 is 1.41. The van der Waals surface area contributed by atoms with E-state index in [0.717, 1.165) is 5.56 Å². The van der Waals surface area contributed by atoms with Gasteiger partial charge in [0.05, 0.1) is 22.2 Å². The van der Waals surface area contributed by atoms with Crippen molar-refractivity contribution in [2.45, 2.75) is 38.5 Å². The van der Waals surface area contributed by atoms with Crippen molar-refractivity contribution in [3.63, 3.8) is 0 Å². The summed E-state index contributed by atoms with van der Waals surface area (Å²) in [6, 6.07) is 6.17. The summed E-state index contributed by atoms with van der Waals surface area (Å²) in [7, 11) is -3.06. The number of nitro benzene ring substituents is 1. The van der Waals surface area contributed by atoms with Crippen LogP contribution in [0.2, 0.25) is 0 Å². The number of rotatable bonds is 8. The van der Waals surface area contributed by atoms with Crippen LogP contribution in [0, 0.1) is 16.0 Å². The van der Waals surface area contributed by atoms with E-state index in [1.807, 2.05) is 26.8 Å². The summed E-state index contributed by atoms with van der Waals surface area (Å²) < 4.78 is 23.6. The van der Waals surface area contributed by atoms with Crippen molar-refractivity contribution in [1.82, 2.24) is 4.90 Å². The van der Waals surface area contributed by atoms with Crippen LogP contribution >= 0.6 is 11.8 Å². The number of hydrogen-bond acceptors (Lipinski definition) is 6. The largest absolute Gasteiger partial charge is 0.338 e. The molecule has 0 unspecified atom stereocenters. The topological polar surface area (TPSA) is 97.6 Å². The van der Waals surface area contributed by atoms with Crippen molar-refractivity contribution in [2.75, 3.05) is 23.8 Å². The van der Waals surface area contributed by atoms with Crippen molar-refractivity contribution in [2.24, 2.45) is 5.92 Å². The van der Waals surface area contributed by atoms with Crippen molar-refractivity contribution >= 4 is 33.2 Å². The van der Waals surface area contributed by atoms with E-state index in [9.17, 15) is 23.3 Å². The SMILES string of the molecule is CC(C)CN(C(=O)CS[C@@H](C)c1cccc([N+](=O)[O-])c1)[C@H]1CCS(=O)(=O)C1. The van der Waals surface area contributed by atoms with E-state index >= 15 is 0 Å². The van der Waals surface area contributed by atoms with E-state index < -0.39 is 14.8 Å². The molecule has 1 aromatic rings. The maximum absolute atomic E-state index is 12.8. The first-order valence-electron chi connectivity index (χ1n) is 8.95. The molecule has 1 aliphatic heterocycles. The third-order valence-electron chi connectivity index (χ3n) is 4.54. The summed E-state index contributed by atoms with van der Waals surface area (Å²) in [6.45, 7) is 6.44. The molecule has 2 atom stereocenters. The molecule has 27 heavy (non-hydrogen) atoms. The first-order chi connectivity index (χ1) is 12.6. The first-order valence-corrected chi connectivity index (χ1v) is 11.8. The molecule has 0 N–H and O–H groups in total. The number of non-ortho nitro benzene ring substituents is 1. The standard InChI is InChI=1S/C18H26N2O5S2/c1-13(2)10-19(17-7-8-27(24,25)12-17)18(21)11-26-14(3)15-5-4-6-16(9-15)20(22)23/h4-6,9,13-14,17H,7-8,10-12H2,1-3H3/t14-,17-/m0/s1. The number of nitrogens with zero attached hydrogens (tertiary/aromatic N) is 2. The highest BCUT2D eigenvalue weighted by atomic mass is 32.2. The van der Waals surface area contributed by atoms with Gasteiger partial charge in [-0.15, -0.1) is 11.8 Å². The maximum atomic E-state index is 12.8. The quantitative estimate of drug-likeness (QED) is 0.479. The van der Waals surface area contributed by atoms with Crippen LogP contribution in [0.25, 0.3) is 0 Å². The van der Waals surface area contributed by atoms with E-state index in [1.165, 1.54) is 23.9 Å². The molecule has 1 heterocycles. The number of amides is 1. The highest BCUT2D eigenvalue weighted by Gasteiger charge is 2.34. The molecule has 7 nitrogen and oxygen atoms in total. The predicted octanol–water partition coefficient (Wildman–Crippen LogP) is 3.06. The summed E-state index contributed by atoms with van der Waals surface area (Å²) in [5, 5.41) is 10.8. The number of carbonyl (C=O) groups is 1. The van der Waals surface area contributed by atoms with Gasteiger partial charge in [0.25, 0.3) is 5.69 Å². The zero-order chi connectivity index (χ0) is 20.2. The van der Waals surface area contributed by atoms with Crippen molar-refractivity contribution in [3.8, 4) is 0 Å². The Kier molecular flexibility index (Phi) is 7.27. The smallest absolute Gasteiger partial charge is 0.269 e. The number of sulfone groups is 1. The fourth-order valence-electron chi connectivity index (χ4n) is 3.14. The second kappa shape index (κ2) is 9.05. The molecule has 1 fully saturated rings. The Bertz CT molecular complexity index is 795. The van der Waals surface area contributed by atoms with Gasteiger partial charge in [-0.3, -0.25) is 14.9 Å². The van der Waals surface area contributed by atoms with Gasteiger partial charge in [0, 0.05) is 30.0 Å². The molecule has 0 saturated carbocycles. The Labute approximate surface area is 164 Å². The summed E-state index contributed by atoms with van der Waals surface area (Å²) in [6.07, 6.45) is 0.492. The van der Waals surface area contributed by atoms with Gasteiger partial charge in [0.15, 0.2) is 9.84 Å². The van der Waals surface area contributed by atoms with Gasteiger partial charge < -0.3 is 4.90 Å². The summed E-state index contributed by atoms with van der Waals surface area (Å²) in [5.74, 6) is 0.560. The predicted molar refractivity (Wildman–Crippen MR) is 108 cm³/mol. The Morgan fingerprint density at radius 1 is 1.37 bits per heavy atom. The second-order valence-corrected chi connectivity index (χ2v) is 10.9. The fraction of sp³-hybridized carbons (Fsp3) is 0.611. The van der Waals surface area contributed by atoms with Gasteiger partial charge in [0.2, 0.25) is 5.91 Å². The third kappa shape index (κ3) is 6.21. The molecule has 2 rings (SSSR count). The normalized spacial score (nSPS) is 19.8. The average Bonchev–Trinajstić information content (AvgIpc) is 2.96. The van der Waals surface area contributed by atoms with Gasteiger partial charge in [-0.05, 0) is 24.8 Å². The van der Waals surface area contributed by atoms with Crippen molar-refractivity contribution in [1.29, 1.82) is 0 Å². The Morgan fingerprint density at radius 2 is 2.07 bits per heavy atom. The minimum atomic E-state index is -3.06. The van der Waals surface area contributed by atoms with Gasteiger partial charge in [-0.2, -0.15) is 0 Å². The number of benzene rings is 1. The highest BCUT2D eigenvalue weighted by Crippen LogP contribution is 2.31. The van der Waals surface area contributed by atoms with E-state index in [2.05, 4.69) is 0 Å². The molecule has 1 aliphatic rings. The Hall–Kier alpha value is -1.61. The number of nitro groups is 1. The second-order valence-electron chi connectivity index (χ2n) is 7.30. The molecule has 0 spiro atoms. The Morgan fingerprint density at radius 3 is 2.63 bits per heavy atom. The molecule has 1 saturated heterocycles. The minimum absolute atomic E-state index is 0.0314.